The van der Waals surface area contributed by atoms with Crippen molar-refractivity contribution in [2.45, 2.75) is 32.7 Å². The number of rotatable bonds is 6. The van der Waals surface area contributed by atoms with Crippen molar-refractivity contribution >= 4 is 17.4 Å². The summed E-state index contributed by atoms with van der Waals surface area (Å²) in [5.74, 6) is -0.580. The van der Waals surface area contributed by atoms with Gasteiger partial charge in [0.05, 0.1) is 19.1 Å². The maximum atomic E-state index is 12.5. The number of allylic oxidation sites excluding steroid dienone is 3. The van der Waals surface area contributed by atoms with Gasteiger partial charge < -0.3 is 14.3 Å². The molecule has 0 spiro atoms. The van der Waals surface area contributed by atoms with E-state index in [9.17, 15) is 18.0 Å². The van der Waals surface area contributed by atoms with Crippen molar-refractivity contribution in [1.29, 1.82) is 0 Å². The first-order valence-corrected chi connectivity index (χ1v) is 8.95. The Morgan fingerprint density at radius 2 is 2.03 bits per heavy atom. The molecule has 10 heteroatoms. The monoisotopic (exact) mass is 425 g/mol. The molecule has 7 nitrogen and oxygen atoms in total. The van der Waals surface area contributed by atoms with Gasteiger partial charge >= 0.3 is 12.3 Å². The second-order valence-electron chi connectivity index (χ2n) is 6.66. The first-order chi connectivity index (χ1) is 14.1. The number of halogens is 3. The molecule has 1 unspecified atom stereocenters. The number of hydroxylamine groups is 1. The summed E-state index contributed by atoms with van der Waals surface area (Å²) in [5, 5.41) is 3.75. The van der Waals surface area contributed by atoms with E-state index in [-0.39, 0.29) is 11.5 Å². The van der Waals surface area contributed by atoms with Gasteiger partial charge in [0.2, 0.25) is 17.5 Å². The van der Waals surface area contributed by atoms with Crippen LogP contribution in [0.5, 0.6) is 5.75 Å². The minimum absolute atomic E-state index is 0.0422. The standard InChI is InChI=1S/C20H20F3N2O5/c1-11-8-14-10-16(17(24-28-4)19(26)27-3)18(11)30-25(14)12(2)13-6-5-7-15(9-13)29-20(21,22)23/h5-7,9-10,12H,8H2,1-4H3/q+1. The zero-order valence-electron chi connectivity index (χ0n) is 16.7. The van der Waals surface area contributed by atoms with Gasteiger partial charge in [0, 0.05) is 18.6 Å². The van der Waals surface area contributed by atoms with E-state index in [0.717, 1.165) is 5.57 Å². The van der Waals surface area contributed by atoms with Crippen LogP contribution >= 0.6 is 0 Å². The summed E-state index contributed by atoms with van der Waals surface area (Å²) in [6.07, 6.45) is -2.50. The van der Waals surface area contributed by atoms with E-state index in [0.29, 0.717) is 29.0 Å². The van der Waals surface area contributed by atoms with E-state index in [2.05, 4.69) is 9.89 Å². The molecular formula is C20H20F3N2O5+. The molecule has 1 aliphatic carbocycles. The molecule has 30 heavy (non-hydrogen) atoms. The number of hydrogen-bond donors (Lipinski definition) is 0. The average Bonchev–Trinajstić information content (AvgIpc) is 2.69. The van der Waals surface area contributed by atoms with Gasteiger partial charge in [-0.2, -0.15) is 0 Å². The van der Waals surface area contributed by atoms with Gasteiger partial charge in [0.1, 0.15) is 12.9 Å². The number of alkyl halides is 3. The first kappa shape index (κ1) is 21.4. The van der Waals surface area contributed by atoms with E-state index in [1.54, 1.807) is 23.8 Å². The highest BCUT2D eigenvalue weighted by atomic mass is 19.4. The molecule has 0 N–H and O–H groups in total. The Morgan fingerprint density at radius 1 is 1.30 bits per heavy atom. The fourth-order valence-corrected chi connectivity index (χ4v) is 3.29. The molecule has 3 aliphatic rings. The van der Waals surface area contributed by atoms with E-state index in [1.807, 2.05) is 6.92 Å². The van der Waals surface area contributed by atoms with Crippen LogP contribution in [-0.4, -0.2) is 42.7 Å². The first-order valence-electron chi connectivity index (χ1n) is 8.95. The van der Waals surface area contributed by atoms with Gasteiger partial charge in [-0.05, 0) is 29.4 Å². The number of nitrogens with zero attached hydrogens (tertiary/aromatic N) is 2. The maximum absolute atomic E-state index is 12.5. The summed E-state index contributed by atoms with van der Waals surface area (Å²) < 4.78 is 48.0. The lowest BCUT2D eigenvalue weighted by Crippen LogP contribution is -2.35. The molecule has 0 saturated carbocycles. The number of ether oxygens (including phenoxy) is 2. The molecule has 0 aromatic heterocycles. The number of methoxy groups -OCH3 is 1. The third-order valence-corrected chi connectivity index (χ3v) is 4.60. The van der Waals surface area contributed by atoms with Crippen molar-refractivity contribution < 1.29 is 41.9 Å². The van der Waals surface area contributed by atoms with E-state index in [4.69, 9.17) is 14.4 Å². The normalized spacial score (nSPS) is 17.4. The fourth-order valence-electron chi connectivity index (χ4n) is 3.29. The van der Waals surface area contributed by atoms with Crippen LogP contribution in [0.1, 0.15) is 31.9 Å². The Morgan fingerprint density at radius 3 is 2.63 bits per heavy atom. The largest absolute Gasteiger partial charge is 0.573 e. The summed E-state index contributed by atoms with van der Waals surface area (Å²) in [7, 11) is 2.54. The predicted molar refractivity (Wildman–Crippen MR) is 99.8 cm³/mol. The minimum Gasteiger partial charge on any atom is -0.464 e. The zero-order valence-corrected chi connectivity index (χ0v) is 16.7. The topological polar surface area (TPSA) is 69.4 Å². The van der Waals surface area contributed by atoms with E-state index in [1.165, 1.54) is 32.4 Å². The predicted octanol–water partition coefficient (Wildman–Crippen LogP) is 3.82. The molecule has 2 bridgehead atoms. The van der Waals surface area contributed by atoms with Crippen LogP contribution in [0.4, 0.5) is 13.2 Å². The van der Waals surface area contributed by atoms with Gasteiger partial charge in [0.15, 0.2) is 5.71 Å². The zero-order chi connectivity index (χ0) is 22.1. The Balaban J connectivity index is 1.97. The molecule has 2 aliphatic heterocycles. The van der Waals surface area contributed by atoms with Gasteiger partial charge in [-0.15, -0.1) is 13.2 Å². The highest BCUT2D eigenvalue weighted by Gasteiger charge is 2.41. The van der Waals surface area contributed by atoms with Crippen molar-refractivity contribution in [1.82, 2.24) is 0 Å². The van der Waals surface area contributed by atoms with Crippen LogP contribution < -0.4 is 4.74 Å². The number of oxime groups is 1. The number of fused-ring (bicyclic) bond motifs is 2. The van der Waals surface area contributed by atoms with Crippen molar-refractivity contribution in [3.8, 4) is 5.75 Å². The highest BCUT2D eigenvalue weighted by Crippen LogP contribution is 2.35. The summed E-state index contributed by atoms with van der Waals surface area (Å²) in [4.78, 5) is 22.8. The Hall–Kier alpha value is -3.30. The molecular weight excluding hydrogens is 405 g/mol. The number of hydrogen-bond acceptors (Lipinski definition) is 6. The molecule has 0 fully saturated rings. The molecule has 1 atom stereocenters. The Kier molecular flexibility index (Phi) is 5.86. The third-order valence-electron chi connectivity index (χ3n) is 4.60. The van der Waals surface area contributed by atoms with Crippen LogP contribution in [-0.2, 0) is 19.2 Å². The van der Waals surface area contributed by atoms with Gasteiger partial charge in [0.25, 0.3) is 0 Å². The second kappa shape index (κ2) is 8.21. The number of carbonyl (C=O) groups excluding carboxylic acids is 1. The smallest absolute Gasteiger partial charge is 0.464 e. The molecule has 4 rings (SSSR count). The highest BCUT2D eigenvalue weighted by molar-refractivity contribution is 6.45. The average molecular weight is 425 g/mol. The second-order valence-corrected chi connectivity index (χ2v) is 6.66. The van der Waals surface area contributed by atoms with Crippen molar-refractivity contribution in [2.24, 2.45) is 5.16 Å². The van der Waals surface area contributed by atoms with Crippen LogP contribution in [0.3, 0.4) is 0 Å². The fraction of sp³-hybridized carbons (Fsp3) is 0.350. The summed E-state index contributed by atoms with van der Waals surface area (Å²) in [5.41, 5.74) is 2.51. The number of benzene rings is 1. The van der Waals surface area contributed by atoms with Crippen LogP contribution in [0.25, 0.3) is 0 Å². The van der Waals surface area contributed by atoms with Gasteiger partial charge in [-0.25, -0.2) is 9.63 Å². The lowest BCUT2D eigenvalue weighted by molar-refractivity contribution is -0.803. The SMILES string of the molecule is CON=C(C(=O)OC)C1=CC2=[N+](C(C)c3cccc(OC(F)(F)F)c3)OC1=C(C)C2. The molecule has 160 valence electrons. The quantitative estimate of drug-likeness (QED) is 0.300. The van der Waals surface area contributed by atoms with Crippen molar-refractivity contribution in [3.63, 3.8) is 0 Å². The van der Waals surface area contributed by atoms with E-state index < -0.39 is 18.4 Å². The number of esters is 1. The molecule has 0 saturated heterocycles. The maximum Gasteiger partial charge on any atom is 0.573 e. The molecule has 0 radical (unpaired) electrons. The van der Waals surface area contributed by atoms with Crippen LogP contribution in [0, 0.1) is 0 Å². The van der Waals surface area contributed by atoms with Crippen molar-refractivity contribution in [3.05, 3.63) is 52.8 Å². The summed E-state index contributed by atoms with van der Waals surface area (Å²) >= 11 is 0. The number of carbonyl (C=O) groups is 1. The summed E-state index contributed by atoms with van der Waals surface area (Å²) in [6, 6.07) is 5.26. The lowest BCUT2D eigenvalue weighted by atomic mass is 9.92. The van der Waals surface area contributed by atoms with Crippen LogP contribution in [0.2, 0.25) is 0 Å². The third kappa shape index (κ3) is 4.32. The van der Waals surface area contributed by atoms with E-state index >= 15 is 0 Å². The molecule has 1 aromatic rings. The van der Waals surface area contributed by atoms with Crippen LogP contribution in [0.15, 0.2) is 52.4 Å². The van der Waals surface area contributed by atoms with Gasteiger partial charge in [-0.3, -0.25) is 0 Å². The molecule has 2 heterocycles. The van der Waals surface area contributed by atoms with Gasteiger partial charge in [-0.1, -0.05) is 17.3 Å². The minimum atomic E-state index is -4.78. The molecule has 0 amide bonds. The Bertz CT molecular complexity index is 992. The Labute approximate surface area is 170 Å². The molecule has 1 aromatic carbocycles. The lowest BCUT2D eigenvalue weighted by Gasteiger charge is -2.25. The van der Waals surface area contributed by atoms with Crippen molar-refractivity contribution in [2.75, 3.05) is 14.2 Å². The summed E-state index contributed by atoms with van der Waals surface area (Å²) in [6.45, 7) is 3.64.